The third kappa shape index (κ3) is 3.98. The first-order valence-electron chi connectivity index (χ1n) is 7.08. The Morgan fingerprint density at radius 2 is 1.89 bits per heavy atom. The van der Waals surface area contributed by atoms with Crippen LogP contribution in [0.5, 0.6) is 0 Å². The Bertz CT molecular complexity index is 291. The molecule has 1 rings (SSSR count). The van der Waals surface area contributed by atoms with Crippen LogP contribution >= 0.6 is 0 Å². The van der Waals surface area contributed by atoms with Gasteiger partial charge < -0.3 is 10.0 Å². The Labute approximate surface area is 112 Å². The molecule has 3 heteroatoms. The van der Waals surface area contributed by atoms with Crippen molar-refractivity contribution in [2.45, 2.75) is 66.3 Å². The van der Waals surface area contributed by atoms with Gasteiger partial charge in [0.1, 0.15) is 0 Å². The van der Waals surface area contributed by atoms with Gasteiger partial charge in [0.2, 0.25) is 5.91 Å². The second-order valence-electron chi connectivity index (χ2n) is 7.43. The van der Waals surface area contributed by atoms with Gasteiger partial charge >= 0.3 is 0 Å². The summed E-state index contributed by atoms with van der Waals surface area (Å²) in [5, 5.41) is 9.25. The fraction of sp³-hybridized carbons (Fsp3) is 0.933. The number of amides is 1. The molecular weight excluding hydrogens is 226 g/mol. The van der Waals surface area contributed by atoms with Gasteiger partial charge in [0.25, 0.3) is 0 Å². The maximum absolute atomic E-state index is 12.0. The summed E-state index contributed by atoms with van der Waals surface area (Å²) in [6.07, 6.45) is 3.41. The molecule has 0 bridgehead atoms. The quantitative estimate of drug-likeness (QED) is 0.820. The lowest BCUT2D eigenvalue weighted by molar-refractivity contribution is -0.133. The highest BCUT2D eigenvalue weighted by molar-refractivity contribution is 5.78. The molecule has 1 aliphatic heterocycles. The lowest BCUT2D eigenvalue weighted by atomic mass is 9.73. The Balaban J connectivity index is 2.90. The molecule has 1 aliphatic rings. The van der Waals surface area contributed by atoms with E-state index >= 15 is 0 Å². The fourth-order valence-corrected chi connectivity index (χ4v) is 2.84. The number of aliphatic hydroxyl groups is 1. The SMILES string of the molecule is CC(C)(C)CC(N1CCCC1=O)C(C)(C)CCO. The number of likely N-dealkylation sites (tertiary alicyclic amines) is 1. The van der Waals surface area contributed by atoms with Gasteiger partial charge in [-0.05, 0) is 30.1 Å². The van der Waals surface area contributed by atoms with E-state index in [1.807, 2.05) is 0 Å². The van der Waals surface area contributed by atoms with Gasteiger partial charge in [0, 0.05) is 25.6 Å². The number of aliphatic hydroxyl groups excluding tert-OH is 1. The highest BCUT2D eigenvalue weighted by Gasteiger charge is 2.39. The highest BCUT2D eigenvalue weighted by Crippen LogP contribution is 2.38. The summed E-state index contributed by atoms with van der Waals surface area (Å²) in [5.74, 6) is 0.287. The average molecular weight is 255 g/mol. The van der Waals surface area contributed by atoms with Crippen molar-refractivity contribution in [3.63, 3.8) is 0 Å². The molecule has 106 valence electrons. The minimum absolute atomic E-state index is 0.0258. The molecule has 0 aromatic rings. The minimum Gasteiger partial charge on any atom is -0.396 e. The van der Waals surface area contributed by atoms with E-state index in [0.717, 1.165) is 25.8 Å². The Morgan fingerprint density at radius 3 is 2.28 bits per heavy atom. The van der Waals surface area contributed by atoms with Crippen LogP contribution in [0.2, 0.25) is 0 Å². The molecule has 0 aliphatic carbocycles. The van der Waals surface area contributed by atoms with Crippen LogP contribution in [0.1, 0.15) is 60.3 Å². The maximum Gasteiger partial charge on any atom is 0.222 e. The van der Waals surface area contributed by atoms with E-state index in [9.17, 15) is 9.90 Å². The topological polar surface area (TPSA) is 40.5 Å². The van der Waals surface area contributed by atoms with Crippen molar-refractivity contribution in [2.75, 3.05) is 13.2 Å². The largest absolute Gasteiger partial charge is 0.396 e. The highest BCUT2D eigenvalue weighted by atomic mass is 16.3. The molecule has 1 atom stereocenters. The van der Waals surface area contributed by atoms with Gasteiger partial charge in [-0.15, -0.1) is 0 Å². The number of carbonyl (C=O) groups excluding carboxylic acids is 1. The van der Waals surface area contributed by atoms with Crippen molar-refractivity contribution in [3.8, 4) is 0 Å². The van der Waals surface area contributed by atoms with E-state index in [-0.39, 0.29) is 29.4 Å². The van der Waals surface area contributed by atoms with Crippen LogP contribution in [0.4, 0.5) is 0 Å². The zero-order valence-electron chi connectivity index (χ0n) is 12.6. The molecule has 3 nitrogen and oxygen atoms in total. The van der Waals surface area contributed by atoms with Crippen LogP contribution in [-0.4, -0.2) is 35.1 Å². The summed E-state index contributed by atoms with van der Waals surface area (Å²) in [4.78, 5) is 14.1. The van der Waals surface area contributed by atoms with E-state index in [0.29, 0.717) is 6.42 Å². The molecule has 0 spiro atoms. The summed E-state index contributed by atoms with van der Waals surface area (Å²) in [5.41, 5.74) is 0.169. The van der Waals surface area contributed by atoms with E-state index in [1.54, 1.807) is 0 Å². The maximum atomic E-state index is 12.0. The number of rotatable bonds is 5. The van der Waals surface area contributed by atoms with Crippen LogP contribution in [-0.2, 0) is 4.79 Å². The van der Waals surface area contributed by atoms with E-state index < -0.39 is 0 Å². The van der Waals surface area contributed by atoms with Crippen LogP contribution in [0.3, 0.4) is 0 Å². The van der Waals surface area contributed by atoms with Gasteiger partial charge in [-0.1, -0.05) is 34.6 Å². The summed E-state index contributed by atoms with van der Waals surface area (Å²) >= 11 is 0. The van der Waals surface area contributed by atoms with Crippen molar-refractivity contribution < 1.29 is 9.90 Å². The summed E-state index contributed by atoms with van der Waals surface area (Å²) < 4.78 is 0. The van der Waals surface area contributed by atoms with Gasteiger partial charge in [0.15, 0.2) is 0 Å². The van der Waals surface area contributed by atoms with Gasteiger partial charge in [0.05, 0.1) is 0 Å². The molecule has 0 saturated carbocycles. The molecule has 0 radical (unpaired) electrons. The average Bonchev–Trinajstić information content (AvgIpc) is 2.59. The van der Waals surface area contributed by atoms with Crippen molar-refractivity contribution in [3.05, 3.63) is 0 Å². The lowest BCUT2D eigenvalue weighted by Gasteiger charge is -2.43. The normalized spacial score (nSPS) is 19.4. The summed E-state index contributed by atoms with van der Waals surface area (Å²) in [6, 6.07) is 0.236. The number of nitrogens with zero attached hydrogens (tertiary/aromatic N) is 1. The molecule has 1 unspecified atom stereocenters. The van der Waals surface area contributed by atoms with E-state index in [1.165, 1.54) is 0 Å². The lowest BCUT2D eigenvalue weighted by Crippen LogP contribution is -2.48. The first-order valence-corrected chi connectivity index (χ1v) is 7.08. The zero-order valence-corrected chi connectivity index (χ0v) is 12.6. The zero-order chi connectivity index (χ0) is 14.0. The Hall–Kier alpha value is -0.570. The van der Waals surface area contributed by atoms with Crippen LogP contribution in [0.25, 0.3) is 0 Å². The monoisotopic (exact) mass is 255 g/mol. The fourth-order valence-electron chi connectivity index (χ4n) is 2.84. The third-order valence-corrected chi connectivity index (χ3v) is 3.95. The number of hydrogen-bond acceptors (Lipinski definition) is 2. The van der Waals surface area contributed by atoms with Crippen molar-refractivity contribution >= 4 is 5.91 Å². The van der Waals surface area contributed by atoms with Gasteiger partial charge in [-0.2, -0.15) is 0 Å². The molecule has 1 heterocycles. The van der Waals surface area contributed by atoms with Gasteiger partial charge in [-0.3, -0.25) is 4.79 Å². The Morgan fingerprint density at radius 1 is 1.28 bits per heavy atom. The van der Waals surface area contributed by atoms with Crippen molar-refractivity contribution in [1.29, 1.82) is 0 Å². The smallest absolute Gasteiger partial charge is 0.222 e. The first-order chi connectivity index (χ1) is 8.17. The van der Waals surface area contributed by atoms with E-state index in [2.05, 4.69) is 39.5 Å². The Kier molecular flexibility index (Phi) is 4.82. The predicted molar refractivity (Wildman–Crippen MR) is 74.3 cm³/mol. The van der Waals surface area contributed by atoms with Crippen LogP contribution in [0.15, 0.2) is 0 Å². The molecular formula is C15H29NO2. The van der Waals surface area contributed by atoms with Crippen LogP contribution < -0.4 is 0 Å². The molecule has 1 fully saturated rings. The molecule has 1 saturated heterocycles. The summed E-state index contributed by atoms with van der Waals surface area (Å²) in [7, 11) is 0. The predicted octanol–water partition coefficient (Wildman–Crippen LogP) is 2.82. The molecule has 1 amide bonds. The molecule has 18 heavy (non-hydrogen) atoms. The van der Waals surface area contributed by atoms with Crippen LogP contribution in [0, 0.1) is 10.8 Å². The second-order valence-corrected chi connectivity index (χ2v) is 7.43. The number of hydrogen-bond donors (Lipinski definition) is 1. The van der Waals surface area contributed by atoms with Gasteiger partial charge in [-0.25, -0.2) is 0 Å². The summed E-state index contributed by atoms with van der Waals surface area (Å²) in [6.45, 7) is 12.1. The molecule has 0 aromatic heterocycles. The van der Waals surface area contributed by atoms with E-state index in [4.69, 9.17) is 0 Å². The standard InChI is InChI=1S/C15H29NO2/c1-14(2,3)11-12(15(4,5)8-10-17)16-9-6-7-13(16)18/h12,17H,6-11H2,1-5H3. The minimum atomic E-state index is -0.0258. The first kappa shape index (κ1) is 15.5. The second kappa shape index (κ2) is 5.60. The van der Waals surface area contributed by atoms with Crippen molar-refractivity contribution in [2.24, 2.45) is 10.8 Å². The third-order valence-electron chi connectivity index (χ3n) is 3.95. The molecule has 1 N–H and O–H groups in total. The van der Waals surface area contributed by atoms with Crippen molar-refractivity contribution in [1.82, 2.24) is 4.90 Å². The molecule has 0 aromatic carbocycles. The number of carbonyl (C=O) groups is 1.